The van der Waals surface area contributed by atoms with Gasteiger partial charge in [0.2, 0.25) is 0 Å². The first kappa shape index (κ1) is 9.22. The molecule has 2 rings (SSSR count). The summed E-state index contributed by atoms with van der Waals surface area (Å²) in [4.78, 5) is 2.38. The Kier molecular flexibility index (Phi) is 2.43. The average molecular weight is 181 g/mol. The van der Waals surface area contributed by atoms with Crippen LogP contribution in [0.25, 0.3) is 0 Å². The number of allylic oxidation sites excluding steroid dienone is 1. The van der Waals surface area contributed by atoms with Crippen LogP contribution in [-0.4, -0.2) is 35.2 Å². The van der Waals surface area contributed by atoms with Crippen LogP contribution < -0.4 is 0 Å². The van der Waals surface area contributed by atoms with Crippen molar-refractivity contribution in [1.29, 1.82) is 0 Å². The molecule has 0 bridgehead atoms. The van der Waals surface area contributed by atoms with E-state index in [1.165, 1.54) is 32.1 Å². The lowest BCUT2D eigenvalue weighted by atomic mass is 10.00. The summed E-state index contributed by atoms with van der Waals surface area (Å²) in [5.41, 5.74) is 0.145. The Bertz CT molecular complexity index is 208. The number of nitrogens with zero attached hydrogens (tertiary/aromatic N) is 1. The summed E-state index contributed by atoms with van der Waals surface area (Å²) in [5, 5.41) is 9.29. The second kappa shape index (κ2) is 3.43. The molecule has 0 saturated heterocycles. The highest BCUT2D eigenvalue weighted by atomic mass is 16.3. The topological polar surface area (TPSA) is 23.5 Å². The van der Waals surface area contributed by atoms with Crippen molar-refractivity contribution in [3.8, 4) is 0 Å². The zero-order valence-corrected chi connectivity index (χ0v) is 8.37. The molecule has 13 heavy (non-hydrogen) atoms. The van der Waals surface area contributed by atoms with E-state index >= 15 is 0 Å². The molecule has 1 atom stereocenters. The molecule has 0 aromatic rings. The van der Waals surface area contributed by atoms with Crippen LogP contribution in [0.4, 0.5) is 0 Å². The Hall–Kier alpha value is -0.340. The molecule has 74 valence electrons. The number of likely N-dealkylation sites (N-methyl/N-ethyl adjacent to an activating group) is 1. The Morgan fingerprint density at radius 1 is 1.54 bits per heavy atom. The molecule has 0 radical (unpaired) electrons. The predicted octanol–water partition coefficient (Wildman–Crippen LogP) is 1.55. The molecule has 2 aliphatic rings. The highest BCUT2D eigenvalue weighted by molar-refractivity contribution is 5.09. The lowest BCUT2D eigenvalue weighted by Crippen LogP contribution is -2.43. The fraction of sp³-hybridized carbons (Fsp3) is 0.818. The Balaban J connectivity index is 1.99. The molecule has 0 amide bonds. The molecule has 0 aliphatic heterocycles. The molecule has 0 aromatic heterocycles. The van der Waals surface area contributed by atoms with Crippen LogP contribution >= 0.6 is 0 Å². The SMILES string of the molecule is CN(C1C=CCCC1)C1(CO)CC1. The molecular formula is C11H19NO. The summed E-state index contributed by atoms with van der Waals surface area (Å²) >= 11 is 0. The highest BCUT2D eigenvalue weighted by Gasteiger charge is 2.47. The van der Waals surface area contributed by atoms with Gasteiger partial charge in [0.25, 0.3) is 0 Å². The zero-order valence-electron chi connectivity index (χ0n) is 8.37. The molecule has 0 heterocycles. The normalized spacial score (nSPS) is 30.8. The predicted molar refractivity (Wildman–Crippen MR) is 53.6 cm³/mol. The molecule has 2 nitrogen and oxygen atoms in total. The van der Waals surface area contributed by atoms with Crippen molar-refractivity contribution in [2.24, 2.45) is 0 Å². The van der Waals surface area contributed by atoms with E-state index in [0.29, 0.717) is 12.6 Å². The molecule has 2 aliphatic carbocycles. The van der Waals surface area contributed by atoms with Gasteiger partial charge in [-0.3, -0.25) is 4.90 Å². The third-order valence-corrected chi connectivity index (χ3v) is 3.60. The fourth-order valence-electron chi connectivity index (χ4n) is 2.24. The van der Waals surface area contributed by atoms with Gasteiger partial charge < -0.3 is 5.11 Å². The molecule has 1 N–H and O–H groups in total. The van der Waals surface area contributed by atoms with E-state index < -0.39 is 0 Å². The van der Waals surface area contributed by atoms with Gasteiger partial charge in [0.15, 0.2) is 0 Å². The second-order valence-corrected chi connectivity index (χ2v) is 4.42. The first-order chi connectivity index (χ1) is 6.28. The van der Waals surface area contributed by atoms with Crippen molar-refractivity contribution in [1.82, 2.24) is 4.90 Å². The lowest BCUT2D eigenvalue weighted by Gasteiger charge is -2.34. The van der Waals surface area contributed by atoms with E-state index in [9.17, 15) is 5.11 Å². The summed E-state index contributed by atoms with van der Waals surface area (Å²) in [6.07, 6.45) is 10.7. The van der Waals surface area contributed by atoms with E-state index in [1.807, 2.05) is 0 Å². The largest absolute Gasteiger partial charge is 0.394 e. The van der Waals surface area contributed by atoms with E-state index in [4.69, 9.17) is 0 Å². The maximum atomic E-state index is 9.29. The van der Waals surface area contributed by atoms with E-state index in [-0.39, 0.29) is 5.54 Å². The number of hydrogen-bond donors (Lipinski definition) is 1. The minimum atomic E-state index is 0.145. The van der Waals surface area contributed by atoms with Crippen LogP contribution in [0.15, 0.2) is 12.2 Å². The number of aliphatic hydroxyl groups excluding tert-OH is 1. The van der Waals surface area contributed by atoms with Crippen molar-refractivity contribution in [2.75, 3.05) is 13.7 Å². The summed E-state index contributed by atoms with van der Waals surface area (Å²) in [5.74, 6) is 0. The number of aliphatic hydroxyl groups is 1. The Morgan fingerprint density at radius 3 is 2.77 bits per heavy atom. The Labute approximate surface area is 80.2 Å². The third-order valence-electron chi connectivity index (χ3n) is 3.60. The first-order valence-electron chi connectivity index (χ1n) is 5.29. The van der Waals surface area contributed by atoms with Crippen LogP contribution in [-0.2, 0) is 0 Å². The first-order valence-corrected chi connectivity index (χ1v) is 5.29. The maximum Gasteiger partial charge on any atom is 0.0615 e. The summed E-state index contributed by atoms with van der Waals surface area (Å²) in [6, 6.07) is 0.573. The Morgan fingerprint density at radius 2 is 2.31 bits per heavy atom. The zero-order chi connectivity index (χ0) is 9.31. The van der Waals surface area contributed by atoms with Gasteiger partial charge in [0.1, 0.15) is 0 Å². The second-order valence-electron chi connectivity index (χ2n) is 4.42. The van der Waals surface area contributed by atoms with Crippen molar-refractivity contribution < 1.29 is 5.11 Å². The number of hydrogen-bond acceptors (Lipinski definition) is 2. The van der Waals surface area contributed by atoms with Crippen molar-refractivity contribution >= 4 is 0 Å². The van der Waals surface area contributed by atoms with Crippen LogP contribution in [0.1, 0.15) is 32.1 Å². The molecule has 1 fully saturated rings. The highest BCUT2D eigenvalue weighted by Crippen LogP contribution is 2.42. The molecule has 1 saturated carbocycles. The third kappa shape index (κ3) is 1.65. The maximum absolute atomic E-state index is 9.29. The van der Waals surface area contributed by atoms with Gasteiger partial charge in [0.05, 0.1) is 6.61 Å². The minimum absolute atomic E-state index is 0.145. The standard InChI is InChI=1S/C11H19NO/c1-12(11(9-13)7-8-11)10-5-3-2-4-6-10/h3,5,10,13H,2,4,6-9H2,1H3. The molecule has 0 spiro atoms. The monoisotopic (exact) mass is 181 g/mol. The van der Waals surface area contributed by atoms with Crippen molar-refractivity contribution in [2.45, 2.75) is 43.7 Å². The number of rotatable bonds is 3. The lowest BCUT2D eigenvalue weighted by molar-refractivity contribution is 0.102. The van der Waals surface area contributed by atoms with Gasteiger partial charge in [-0.15, -0.1) is 0 Å². The quantitative estimate of drug-likeness (QED) is 0.668. The van der Waals surface area contributed by atoms with Gasteiger partial charge in [-0.2, -0.15) is 0 Å². The smallest absolute Gasteiger partial charge is 0.0615 e. The summed E-state index contributed by atoms with van der Waals surface area (Å²) in [6.45, 7) is 0.327. The van der Waals surface area contributed by atoms with Gasteiger partial charge in [-0.05, 0) is 39.2 Å². The van der Waals surface area contributed by atoms with Gasteiger partial charge >= 0.3 is 0 Å². The average Bonchev–Trinajstić information content (AvgIpc) is 2.99. The van der Waals surface area contributed by atoms with E-state index in [0.717, 1.165) is 0 Å². The summed E-state index contributed by atoms with van der Waals surface area (Å²) in [7, 11) is 2.16. The molecule has 2 heteroatoms. The van der Waals surface area contributed by atoms with Crippen LogP contribution in [0, 0.1) is 0 Å². The van der Waals surface area contributed by atoms with Crippen molar-refractivity contribution in [3.05, 3.63) is 12.2 Å². The molecule has 1 unspecified atom stereocenters. The van der Waals surface area contributed by atoms with Crippen LogP contribution in [0.2, 0.25) is 0 Å². The van der Waals surface area contributed by atoms with Crippen LogP contribution in [0.5, 0.6) is 0 Å². The van der Waals surface area contributed by atoms with Crippen molar-refractivity contribution in [3.63, 3.8) is 0 Å². The van der Waals surface area contributed by atoms with E-state index in [1.54, 1.807) is 0 Å². The minimum Gasteiger partial charge on any atom is -0.394 e. The van der Waals surface area contributed by atoms with Gasteiger partial charge in [-0.1, -0.05) is 12.2 Å². The molecule has 0 aromatic carbocycles. The van der Waals surface area contributed by atoms with Gasteiger partial charge in [-0.25, -0.2) is 0 Å². The van der Waals surface area contributed by atoms with Gasteiger partial charge in [0, 0.05) is 11.6 Å². The van der Waals surface area contributed by atoms with Crippen LogP contribution in [0.3, 0.4) is 0 Å². The summed E-state index contributed by atoms with van der Waals surface area (Å²) < 4.78 is 0. The molecular weight excluding hydrogens is 162 g/mol. The van der Waals surface area contributed by atoms with E-state index in [2.05, 4.69) is 24.1 Å². The fourth-order valence-corrected chi connectivity index (χ4v) is 2.24.